The number of aromatic nitrogens is 4. The van der Waals surface area contributed by atoms with Gasteiger partial charge in [-0.2, -0.15) is 0 Å². The molecule has 0 atom stereocenters. The molecule has 8 heteroatoms. The summed E-state index contributed by atoms with van der Waals surface area (Å²) in [6, 6.07) is 13.9. The summed E-state index contributed by atoms with van der Waals surface area (Å²) in [6.45, 7) is 0. The summed E-state index contributed by atoms with van der Waals surface area (Å²) < 4.78 is 0. The van der Waals surface area contributed by atoms with Crippen molar-refractivity contribution in [2.75, 3.05) is 0 Å². The van der Waals surface area contributed by atoms with Gasteiger partial charge in [0.2, 0.25) is 0 Å². The maximum absolute atomic E-state index is 12.0. The summed E-state index contributed by atoms with van der Waals surface area (Å²) in [5.41, 5.74) is 2.32. The van der Waals surface area contributed by atoms with Gasteiger partial charge in [-0.05, 0) is 60.7 Å². The van der Waals surface area contributed by atoms with Crippen LogP contribution in [-0.2, 0) is 9.59 Å². The zero-order valence-electron chi connectivity index (χ0n) is 15.5. The molecule has 0 radical (unpaired) electrons. The second-order valence-corrected chi connectivity index (χ2v) is 6.96. The highest BCUT2D eigenvalue weighted by molar-refractivity contribution is 6.15. The Kier molecular flexibility index (Phi) is 3.85. The zero-order chi connectivity index (χ0) is 20.8. The molecular formula is C22H16N4O4. The topological polar surface area (TPSA) is 138 Å². The highest BCUT2D eigenvalue weighted by atomic mass is 16.4. The molecule has 0 aromatic carbocycles. The van der Waals surface area contributed by atoms with Gasteiger partial charge < -0.3 is 30.1 Å². The Balaban J connectivity index is 1.91. The summed E-state index contributed by atoms with van der Waals surface area (Å²) in [5, 5.41) is 21.9. The maximum Gasteiger partial charge on any atom is 0.339 e. The molecule has 0 aliphatic carbocycles. The number of fused-ring (bicyclic) bond motifs is 8. The van der Waals surface area contributed by atoms with E-state index < -0.39 is 11.9 Å². The molecule has 0 saturated heterocycles. The fourth-order valence-electron chi connectivity index (χ4n) is 3.65. The zero-order valence-corrected chi connectivity index (χ0v) is 15.5. The number of carboxylic acids is 2. The van der Waals surface area contributed by atoms with Crippen LogP contribution in [0.2, 0.25) is 0 Å². The quantitative estimate of drug-likeness (QED) is 0.271. The average molecular weight is 400 g/mol. The molecule has 5 rings (SSSR count). The van der Waals surface area contributed by atoms with Gasteiger partial charge in [-0.1, -0.05) is 0 Å². The normalized spacial score (nSPS) is 12.9. The van der Waals surface area contributed by atoms with Gasteiger partial charge in [-0.25, -0.2) is 9.59 Å². The SMILES string of the molecule is O=C(O)C1=c2ccc([nH]2)=C(C(=O)O)c2ccc([nH]2)C=c2ccc([nH]2)=Cc2ccc1[nH]2. The average Bonchev–Trinajstić information content (AvgIpc) is 3.46. The first-order chi connectivity index (χ1) is 14.5. The first-order valence-electron chi connectivity index (χ1n) is 9.15. The van der Waals surface area contributed by atoms with E-state index in [1.807, 2.05) is 24.3 Å². The third-order valence-corrected chi connectivity index (χ3v) is 4.96. The fraction of sp³-hybridized carbons (Fsp3) is 0. The molecule has 4 aromatic rings. The number of H-pyrrole nitrogens is 4. The van der Waals surface area contributed by atoms with Crippen LogP contribution < -0.4 is 21.4 Å². The predicted molar refractivity (Wildman–Crippen MR) is 109 cm³/mol. The number of nitrogens with one attached hydrogen (secondary N) is 4. The van der Waals surface area contributed by atoms with Crippen molar-refractivity contribution in [1.82, 2.24) is 19.9 Å². The van der Waals surface area contributed by atoms with Crippen molar-refractivity contribution in [3.05, 3.63) is 92.7 Å². The molecule has 4 aromatic heterocycles. The first-order valence-corrected chi connectivity index (χ1v) is 9.15. The molecule has 1 aliphatic heterocycles. The van der Waals surface area contributed by atoms with Gasteiger partial charge in [0.05, 0.1) is 22.1 Å². The van der Waals surface area contributed by atoms with E-state index in [1.165, 1.54) is 0 Å². The molecule has 0 saturated carbocycles. The van der Waals surface area contributed by atoms with Crippen LogP contribution in [-0.4, -0.2) is 42.1 Å². The number of aromatic amines is 4. The van der Waals surface area contributed by atoms with Crippen molar-refractivity contribution in [2.24, 2.45) is 0 Å². The minimum absolute atomic E-state index is 0.0189. The Hall–Kier alpha value is -4.46. The van der Waals surface area contributed by atoms with E-state index in [1.54, 1.807) is 36.4 Å². The smallest absolute Gasteiger partial charge is 0.339 e. The third kappa shape index (κ3) is 2.96. The largest absolute Gasteiger partial charge is 0.478 e. The third-order valence-electron chi connectivity index (χ3n) is 4.96. The molecular weight excluding hydrogens is 384 g/mol. The standard InChI is InChI=1S/C22H16N4O4/c27-21(28)19-15-5-3-13(24-15)9-11-1-2-12(23-11)10-14-4-6-16(25-14)20(22(29)30)18-8-7-17(19)26-18/h1-10,23-26H,(H,27,28)(H,29,30). The number of hydrogen-bond acceptors (Lipinski definition) is 2. The van der Waals surface area contributed by atoms with Crippen molar-refractivity contribution >= 4 is 35.2 Å². The van der Waals surface area contributed by atoms with Crippen molar-refractivity contribution in [3.8, 4) is 0 Å². The number of carboxylic acid groups (broad SMARTS) is 2. The van der Waals surface area contributed by atoms with Gasteiger partial charge in [-0.3, -0.25) is 0 Å². The first kappa shape index (κ1) is 17.6. The lowest BCUT2D eigenvalue weighted by Crippen LogP contribution is -2.22. The van der Waals surface area contributed by atoms with Gasteiger partial charge in [0.1, 0.15) is 11.1 Å². The minimum Gasteiger partial charge on any atom is -0.478 e. The van der Waals surface area contributed by atoms with E-state index in [0.717, 1.165) is 22.1 Å². The maximum atomic E-state index is 12.0. The van der Waals surface area contributed by atoms with Gasteiger partial charge in [0.25, 0.3) is 0 Å². The van der Waals surface area contributed by atoms with Gasteiger partial charge in [-0.15, -0.1) is 0 Å². The molecule has 5 heterocycles. The van der Waals surface area contributed by atoms with E-state index in [0.29, 0.717) is 22.1 Å². The van der Waals surface area contributed by atoms with Crippen LogP contribution >= 0.6 is 0 Å². The van der Waals surface area contributed by atoms with Gasteiger partial charge in [0, 0.05) is 22.1 Å². The number of aliphatic carboxylic acids is 2. The van der Waals surface area contributed by atoms with Gasteiger partial charge in [0.15, 0.2) is 0 Å². The Labute approximate surface area is 168 Å². The van der Waals surface area contributed by atoms with E-state index >= 15 is 0 Å². The lowest BCUT2D eigenvalue weighted by molar-refractivity contribution is -0.131. The van der Waals surface area contributed by atoms with Crippen molar-refractivity contribution in [3.63, 3.8) is 0 Å². The molecule has 8 bridgehead atoms. The second-order valence-electron chi connectivity index (χ2n) is 6.96. The lowest BCUT2D eigenvalue weighted by atomic mass is 10.2. The minimum atomic E-state index is -1.13. The van der Waals surface area contributed by atoms with Crippen molar-refractivity contribution in [2.45, 2.75) is 0 Å². The van der Waals surface area contributed by atoms with Crippen LogP contribution in [0, 0.1) is 0 Å². The Morgan fingerprint density at radius 1 is 0.567 bits per heavy atom. The van der Waals surface area contributed by atoms with E-state index in [4.69, 9.17) is 0 Å². The molecule has 0 amide bonds. The molecule has 0 unspecified atom stereocenters. The summed E-state index contributed by atoms with van der Waals surface area (Å²) in [5.74, 6) is -2.26. The Bertz CT molecular complexity index is 1450. The van der Waals surface area contributed by atoms with E-state index in [-0.39, 0.29) is 11.1 Å². The molecule has 148 valence electrons. The molecule has 6 N–H and O–H groups in total. The Morgan fingerprint density at radius 3 is 1.47 bits per heavy atom. The number of rotatable bonds is 2. The molecule has 0 spiro atoms. The summed E-state index contributed by atoms with van der Waals surface area (Å²) in [6.07, 6.45) is 3.76. The summed E-state index contributed by atoms with van der Waals surface area (Å²) >= 11 is 0. The molecule has 8 nitrogen and oxygen atoms in total. The predicted octanol–water partition coefficient (Wildman–Crippen LogP) is -0.463. The van der Waals surface area contributed by atoms with E-state index in [9.17, 15) is 19.8 Å². The van der Waals surface area contributed by atoms with Crippen molar-refractivity contribution < 1.29 is 19.8 Å². The summed E-state index contributed by atoms with van der Waals surface area (Å²) in [7, 11) is 0. The van der Waals surface area contributed by atoms with Crippen molar-refractivity contribution in [1.29, 1.82) is 0 Å². The van der Waals surface area contributed by atoms with Crippen LogP contribution in [0.5, 0.6) is 0 Å². The monoisotopic (exact) mass is 400 g/mol. The number of hydrogen-bond donors (Lipinski definition) is 6. The molecule has 1 aliphatic rings. The molecule has 30 heavy (non-hydrogen) atoms. The fourth-order valence-corrected chi connectivity index (χ4v) is 3.65. The van der Waals surface area contributed by atoms with Gasteiger partial charge >= 0.3 is 11.9 Å². The second kappa shape index (κ2) is 6.56. The van der Waals surface area contributed by atoms with Crippen LogP contribution in [0.4, 0.5) is 0 Å². The van der Waals surface area contributed by atoms with E-state index in [2.05, 4.69) is 19.9 Å². The highest BCUT2D eigenvalue weighted by Crippen LogP contribution is 2.14. The summed E-state index contributed by atoms with van der Waals surface area (Å²) in [4.78, 5) is 36.4. The number of carbonyl (C=O) groups is 2. The van der Waals surface area contributed by atoms with Crippen LogP contribution in [0.1, 0.15) is 22.8 Å². The van der Waals surface area contributed by atoms with Crippen LogP contribution in [0.15, 0.2) is 48.5 Å². The highest BCUT2D eigenvalue weighted by Gasteiger charge is 2.17. The van der Waals surface area contributed by atoms with Crippen LogP contribution in [0.25, 0.3) is 23.3 Å². The molecule has 0 fully saturated rings. The Morgan fingerprint density at radius 2 is 1.03 bits per heavy atom. The van der Waals surface area contributed by atoms with Crippen LogP contribution in [0.3, 0.4) is 0 Å². The lowest BCUT2D eigenvalue weighted by Gasteiger charge is -1.99.